The van der Waals surface area contributed by atoms with E-state index in [9.17, 15) is 0 Å². The zero-order valence-corrected chi connectivity index (χ0v) is 17.7. The van der Waals surface area contributed by atoms with Gasteiger partial charge in [-0.2, -0.15) is 0 Å². The lowest BCUT2D eigenvalue weighted by Gasteiger charge is -2.14. The lowest BCUT2D eigenvalue weighted by Crippen LogP contribution is -2.02. The Labute approximate surface area is 186 Å². The van der Waals surface area contributed by atoms with Gasteiger partial charge in [0.2, 0.25) is 0 Å². The highest BCUT2D eigenvalue weighted by Crippen LogP contribution is 2.35. The van der Waals surface area contributed by atoms with Crippen molar-refractivity contribution in [2.75, 3.05) is 0 Å². The molecule has 32 heavy (non-hydrogen) atoms. The van der Waals surface area contributed by atoms with Crippen LogP contribution in [-0.2, 0) is 6.42 Å². The standard InChI is InChI=1S/C30H22N2/c1-4-10-27-23(7-1)26-19-21(15-18-28(26)31-27)20-13-16-22(17-14-20)32-29-11-5-2-8-24(29)25-9-3-6-12-30(25)32/h1-5,7-11,13-19,31H,6,12H2. The summed E-state index contributed by atoms with van der Waals surface area (Å²) in [6.07, 6.45) is 6.77. The summed E-state index contributed by atoms with van der Waals surface area (Å²) in [4.78, 5) is 3.52. The maximum absolute atomic E-state index is 3.52. The number of nitrogens with zero attached hydrogens (tertiary/aromatic N) is 1. The van der Waals surface area contributed by atoms with E-state index in [1.54, 1.807) is 0 Å². The van der Waals surface area contributed by atoms with Crippen molar-refractivity contribution < 1.29 is 0 Å². The summed E-state index contributed by atoms with van der Waals surface area (Å²) in [6.45, 7) is 0. The Balaban J connectivity index is 1.35. The second kappa shape index (κ2) is 6.73. The lowest BCUT2D eigenvalue weighted by atomic mass is 10.0. The van der Waals surface area contributed by atoms with Crippen molar-refractivity contribution >= 4 is 38.8 Å². The number of H-pyrrole nitrogens is 1. The van der Waals surface area contributed by atoms with E-state index in [0.29, 0.717) is 0 Å². The highest BCUT2D eigenvalue weighted by atomic mass is 15.0. The highest BCUT2D eigenvalue weighted by Gasteiger charge is 2.18. The summed E-state index contributed by atoms with van der Waals surface area (Å²) >= 11 is 0. The van der Waals surface area contributed by atoms with Crippen LogP contribution in [0.3, 0.4) is 0 Å². The smallest absolute Gasteiger partial charge is 0.0537 e. The second-order valence-corrected chi connectivity index (χ2v) is 8.63. The molecule has 0 aliphatic heterocycles. The number of rotatable bonds is 2. The molecule has 1 aliphatic rings. The maximum atomic E-state index is 3.52. The first-order valence-electron chi connectivity index (χ1n) is 11.3. The molecule has 2 nitrogen and oxygen atoms in total. The van der Waals surface area contributed by atoms with Gasteiger partial charge in [0.1, 0.15) is 0 Å². The first-order chi connectivity index (χ1) is 15.9. The van der Waals surface area contributed by atoms with E-state index in [1.165, 1.54) is 60.8 Å². The fraction of sp³-hybridized carbons (Fsp3) is 0.0667. The molecule has 152 valence electrons. The molecule has 2 heteroatoms. The Hall–Kier alpha value is -4.04. The van der Waals surface area contributed by atoms with Gasteiger partial charge in [-0.3, -0.25) is 0 Å². The molecule has 0 bridgehead atoms. The first-order valence-corrected chi connectivity index (χ1v) is 11.3. The van der Waals surface area contributed by atoms with Crippen molar-refractivity contribution in [3.8, 4) is 16.8 Å². The summed E-state index contributed by atoms with van der Waals surface area (Å²) in [7, 11) is 0. The minimum Gasteiger partial charge on any atom is -0.355 e. The van der Waals surface area contributed by atoms with E-state index >= 15 is 0 Å². The third-order valence-electron chi connectivity index (χ3n) is 6.81. The molecule has 0 radical (unpaired) electrons. The molecule has 1 N–H and O–H groups in total. The van der Waals surface area contributed by atoms with Crippen molar-refractivity contribution in [2.24, 2.45) is 0 Å². The molecular weight excluding hydrogens is 388 g/mol. The van der Waals surface area contributed by atoms with Crippen molar-refractivity contribution in [3.05, 3.63) is 108 Å². The fourth-order valence-electron chi connectivity index (χ4n) is 5.30. The SMILES string of the molecule is C1=Cc2c(n(-c3ccc(-c4ccc5[nH]c6ccccc6c5c4)cc3)c3ccccc23)CC1. The molecule has 0 saturated carbocycles. The number of fused-ring (bicyclic) bond motifs is 6. The van der Waals surface area contributed by atoms with Gasteiger partial charge in [-0.1, -0.05) is 66.7 Å². The van der Waals surface area contributed by atoms with Crippen LogP contribution in [0.15, 0.2) is 97.1 Å². The van der Waals surface area contributed by atoms with Crippen LogP contribution in [0.25, 0.3) is 55.6 Å². The summed E-state index contributed by atoms with van der Waals surface area (Å²) in [5, 5.41) is 3.89. The van der Waals surface area contributed by atoms with E-state index < -0.39 is 0 Å². The third kappa shape index (κ3) is 2.53. The van der Waals surface area contributed by atoms with Crippen molar-refractivity contribution in [1.82, 2.24) is 9.55 Å². The van der Waals surface area contributed by atoms with Gasteiger partial charge in [-0.05, 0) is 60.4 Å². The largest absolute Gasteiger partial charge is 0.355 e. The van der Waals surface area contributed by atoms with Gasteiger partial charge in [0.05, 0.1) is 5.52 Å². The number of allylic oxidation sites excluding steroid dienone is 1. The van der Waals surface area contributed by atoms with Crippen molar-refractivity contribution in [1.29, 1.82) is 0 Å². The van der Waals surface area contributed by atoms with E-state index in [1.807, 2.05) is 0 Å². The Morgan fingerprint density at radius 2 is 1.41 bits per heavy atom. The van der Waals surface area contributed by atoms with Crippen molar-refractivity contribution in [2.45, 2.75) is 12.8 Å². The molecule has 0 spiro atoms. The molecule has 0 amide bonds. The zero-order valence-electron chi connectivity index (χ0n) is 17.7. The Kier molecular flexibility index (Phi) is 3.71. The maximum Gasteiger partial charge on any atom is 0.0537 e. The molecule has 4 aromatic carbocycles. The summed E-state index contributed by atoms with van der Waals surface area (Å²) in [5.74, 6) is 0. The van der Waals surface area contributed by atoms with Crippen LogP contribution in [0.5, 0.6) is 0 Å². The predicted octanol–water partition coefficient (Wildman–Crippen LogP) is 7.89. The van der Waals surface area contributed by atoms with Gasteiger partial charge in [0, 0.05) is 44.1 Å². The fourth-order valence-corrected chi connectivity index (χ4v) is 5.30. The summed E-state index contributed by atoms with van der Waals surface area (Å²) in [6, 6.07) is 33.0. The monoisotopic (exact) mass is 410 g/mol. The van der Waals surface area contributed by atoms with Crippen LogP contribution in [0, 0.1) is 0 Å². The highest BCUT2D eigenvalue weighted by molar-refractivity contribution is 6.08. The number of nitrogens with one attached hydrogen (secondary N) is 1. The second-order valence-electron chi connectivity index (χ2n) is 8.63. The predicted molar refractivity (Wildman–Crippen MR) is 135 cm³/mol. The van der Waals surface area contributed by atoms with Gasteiger partial charge >= 0.3 is 0 Å². The third-order valence-corrected chi connectivity index (χ3v) is 6.81. The average Bonchev–Trinajstić information content (AvgIpc) is 3.40. The van der Waals surface area contributed by atoms with Gasteiger partial charge in [-0.15, -0.1) is 0 Å². The molecule has 2 aromatic heterocycles. The van der Waals surface area contributed by atoms with Crippen LogP contribution >= 0.6 is 0 Å². The number of aromatic nitrogens is 2. The van der Waals surface area contributed by atoms with Crippen LogP contribution in [-0.4, -0.2) is 9.55 Å². The molecule has 6 aromatic rings. The summed E-state index contributed by atoms with van der Waals surface area (Å²) < 4.78 is 2.45. The van der Waals surface area contributed by atoms with Gasteiger partial charge in [-0.25, -0.2) is 0 Å². The minimum atomic E-state index is 1.08. The number of hydrogen-bond donors (Lipinski definition) is 1. The van der Waals surface area contributed by atoms with E-state index in [2.05, 4.69) is 113 Å². The van der Waals surface area contributed by atoms with Gasteiger partial charge in [0.25, 0.3) is 0 Å². The van der Waals surface area contributed by atoms with E-state index in [4.69, 9.17) is 0 Å². The number of aromatic amines is 1. The van der Waals surface area contributed by atoms with Crippen LogP contribution in [0.1, 0.15) is 17.7 Å². The molecule has 0 unspecified atom stereocenters. The summed E-state index contributed by atoms with van der Waals surface area (Å²) in [5.41, 5.74) is 10.2. The van der Waals surface area contributed by atoms with Gasteiger partial charge < -0.3 is 9.55 Å². The van der Waals surface area contributed by atoms with E-state index in [-0.39, 0.29) is 0 Å². The molecule has 0 fully saturated rings. The Morgan fingerprint density at radius 1 is 0.656 bits per heavy atom. The quantitative estimate of drug-likeness (QED) is 0.300. The normalized spacial score (nSPS) is 13.2. The van der Waals surface area contributed by atoms with E-state index in [0.717, 1.165) is 12.8 Å². The average molecular weight is 411 g/mol. The first kappa shape index (κ1) is 17.6. The van der Waals surface area contributed by atoms with Gasteiger partial charge in [0.15, 0.2) is 0 Å². The molecular formula is C30H22N2. The topological polar surface area (TPSA) is 20.7 Å². The zero-order chi connectivity index (χ0) is 21.1. The lowest BCUT2D eigenvalue weighted by molar-refractivity contribution is 0.888. The molecule has 2 heterocycles. The minimum absolute atomic E-state index is 1.08. The van der Waals surface area contributed by atoms with Crippen LogP contribution < -0.4 is 0 Å². The number of benzene rings is 4. The number of hydrogen-bond acceptors (Lipinski definition) is 0. The number of para-hydroxylation sites is 2. The Morgan fingerprint density at radius 3 is 2.31 bits per heavy atom. The van der Waals surface area contributed by atoms with Crippen LogP contribution in [0.2, 0.25) is 0 Å². The van der Waals surface area contributed by atoms with Crippen molar-refractivity contribution in [3.63, 3.8) is 0 Å². The Bertz CT molecular complexity index is 1660. The molecule has 7 rings (SSSR count). The molecule has 1 aliphatic carbocycles. The van der Waals surface area contributed by atoms with Crippen LogP contribution in [0.4, 0.5) is 0 Å². The molecule has 0 atom stereocenters. The molecule has 0 saturated heterocycles.